The number of hydrogen-bond donors (Lipinski definition) is 2. The number of amides is 2. The van der Waals surface area contributed by atoms with Gasteiger partial charge in [-0.1, -0.05) is 12.1 Å². The molecule has 2 amide bonds. The molecule has 1 saturated heterocycles. The van der Waals surface area contributed by atoms with E-state index in [1.807, 2.05) is 31.2 Å². The first-order valence-corrected chi connectivity index (χ1v) is 8.09. The summed E-state index contributed by atoms with van der Waals surface area (Å²) < 4.78 is 16.6. The summed E-state index contributed by atoms with van der Waals surface area (Å²) in [5, 5.41) is 5.60. The van der Waals surface area contributed by atoms with Gasteiger partial charge in [0.25, 0.3) is 0 Å². The Morgan fingerprint density at radius 3 is 2.92 bits per heavy atom. The largest absolute Gasteiger partial charge is 0.488 e. The first-order chi connectivity index (χ1) is 11.7. The molecule has 1 aromatic heterocycles. The van der Waals surface area contributed by atoms with E-state index < -0.39 is 0 Å². The molecular formula is C18H22N2O4. The molecule has 0 saturated carbocycles. The van der Waals surface area contributed by atoms with Crippen molar-refractivity contribution in [2.45, 2.75) is 32.5 Å². The fraction of sp³-hybridized carbons (Fsp3) is 0.389. The van der Waals surface area contributed by atoms with Gasteiger partial charge < -0.3 is 24.5 Å². The van der Waals surface area contributed by atoms with Crippen molar-refractivity contribution in [2.24, 2.45) is 0 Å². The van der Waals surface area contributed by atoms with Crippen LogP contribution in [0.4, 0.5) is 4.79 Å². The smallest absolute Gasteiger partial charge is 0.315 e. The molecule has 0 radical (unpaired) electrons. The lowest BCUT2D eigenvalue weighted by molar-refractivity contribution is 0.140. The Hall–Kier alpha value is -2.47. The average Bonchev–Trinajstić information content (AvgIpc) is 3.26. The number of benzene rings is 1. The quantitative estimate of drug-likeness (QED) is 0.854. The molecule has 0 spiro atoms. The van der Waals surface area contributed by atoms with Crippen LogP contribution in [-0.2, 0) is 17.8 Å². The number of rotatable bonds is 6. The molecular weight excluding hydrogens is 308 g/mol. The summed E-state index contributed by atoms with van der Waals surface area (Å²) in [4.78, 5) is 11.9. The van der Waals surface area contributed by atoms with E-state index in [1.165, 1.54) is 0 Å². The number of carbonyl (C=O) groups is 1. The van der Waals surface area contributed by atoms with Gasteiger partial charge in [0.2, 0.25) is 0 Å². The van der Waals surface area contributed by atoms with Gasteiger partial charge in [0.05, 0.1) is 26.0 Å². The van der Waals surface area contributed by atoms with Crippen molar-refractivity contribution in [3.05, 3.63) is 53.5 Å². The van der Waals surface area contributed by atoms with E-state index in [0.29, 0.717) is 25.5 Å². The molecule has 3 rings (SSSR count). The molecule has 128 valence electrons. The Kier molecular flexibility index (Phi) is 5.38. The van der Waals surface area contributed by atoms with Gasteiger partial charge in [0, 0.05) is 18.5 Å². The second-order valence-electron chi connectivity index (χ2n) is 5.83. The highest BCUT2D eigenvalue weighted by Gasteiger charge is 2.18. The molecule has 1 aliphatic rings. The van der Waals surface area contributed by atoms with E-state index in [2.05, 4.69) is 10.6 Å². The van der Waals surface area contributed by atoms with Crippen LogP contribution in [0.5, 0.6) is 5.75 Å². The first kappa shape index (κ1) is 16.4. The van der Waals surface area contributed by atoms with Crippen LogP contribution in [0.2, 0.25) is 0 Å². The van der Waals surface area contributed by atoms with Crippen LogP contribution in [0.1, 0.15) is 23.3 Å². The minimum Gasteiger partial charge on any atom is -0.488 e. The molecule has 2 heterocycles. The van der Waals surface area contributed by atoms with Crippen molar-refractivity contribution in [1.29, 1.82) is 0 Å². The third kappa shape index (κ3) is 4.52. The molecule has 1 aliphatic heterocycles. The summed E-state index contributed by atoms with van der Waals surface area (Å²) in [6.45, 7) is 4.12. The molecule has 1 atom stereocenters. The summed E-state index contributed by atoms with van der Waals surface area (Å²) in [5.41, 5.74) is 2.07. The summed E-state index contributed by atoms with van der Waals surface area (Å²) in [6.07, 6.45) is 2.56. The second kappa shape index (κ2) is 7.88. The van der Waals surface area contributed by atoms with Gasteiger partial charge in [-0.3, -0.25) is 0 Å². The van der Waals surface area contributed by atoms with Gasteiger partial charge in [0.1, 0.15) is 17.6 Å². The Morgan fingerprint density at radius 1 is 1.29 bits per heavy atom. The van der Waals surface area contributed by atoms with Gasteiger partial charge in [-0.05, 0) is 30.7 Å². The van der Waals surface area contributed by atoms with E-state index in [0.717, 1.165) is 29.9 Å². The van der Waals surface area contributed by atoms with Crippen molar-refractivity contribution < 1.29 is 18.7 Å². The molecule has 0 bridgehead atoms. The predicted octanol–water partition coefficient (Wildman–Crippen LogP) is 2.76. The third-order valence-corrected chi connectivity index (χ3v) is 3.85. The van der Waals surface area contributed by atoms with E-state index >= 15 is 0 Å². The summed E-state index contributed by atoms with van der Waals surface area (Å²) in [5.74, 6) is 1.52. The lowest BCUT2D eigenvalue weighted by atomic mass is 10.1. The van der Waals surface area contributed by atoms with Crippen LogP contribution in [0.25, 0.3) is 0 Å². The maximum Gasteiger partial charge on any atom is 0.315 e. The molecule has 2 aromatic rings. The lowest BCUT2D eigenvalue weighted by Gasteiger charge is -2.17. The highest BCUT2D eigenvalue weighted by atomic mass is 16.5. The number of nitrogens with one attached hydrogen (secondary N) is 2. The van der Waals surface area contributed by atoms with E-state index in [4.69, 9.17) is 13.9 Å². The highest BCUT2D eigenvalue weighted by Crippen LogP contribution is 2.23. The zero-order valence-electron chi connectivity index (χ0n) is 13.7. The number of hydrogen-bond acceptors (Lipinski definition) is 4. The van der Waals surface area contributed by atoms with Crippen LogP contribution >= 0.6 is 0 Å². The summed E-state index contributed by atoms with van der Waals surface area (Å²) in [6, 6.07) is 9.34. The second-order valence-corrected chi connectivity index (χ2v) is 5.83. The van der Waals surface area contributed by atoms with Crippen molar-refractivity contribution >= 4 is 6.03 Å². The van der Waals surface area contributed by atoms with E-state index in [-0.39, 0.29) is 12.1 Å². The van der Waals surface area contributed by atoms with Crippen LogP contribution in [0.15, 0.2) is 41.0 Å². The molecule has 6 heteroatoms. The maximum atomic E-state index is 11.9. The normalized spacial score (nSPS) is 16.8. The van der Waals surface area contributed by atoms with Crippen molar-refractivity contribution in [1.82, 2.24) is 10.6 Å². The minimum absolute atomic E-state index is 0.0818. The predicted molar refractivity (Wildman–Crippen MR) is 88.8 cm³/mol. The maximum absolute atomic E-state index is 11.9. The standard InChI is InChI=1S/C18H22N2O4/c1-13-4-5-14(17(9-13)24-16-6-8-22-12-16)10-19-18(21)20-11-15-3-2-7-23-15/h2-5,7,9,16H,6,8,10-12H2,1H3,(H2,19,20,21)/t16-/m0/s1. The van der Waals surface area contributed by atoms with Crippen molar-refractivity contribution in [3.8, 4) is 5.75 Å². The van der Waals surface area contributed by atoms with Crippen molar-refractivity contribution in [3.63, 3.8) is 0 Å². The van der Waals surface area contributed by atoms with Crippen LogP contribution in [-0.4, -0.2) is 25.3 Å². The number of furan rings is 1. The number of ether oxygens (including phenoxy) is 2. The molecule has 24 heavy (non-hydrogen) atoms. The first-order valence-electron chi connectivity index (χ1n) is 8.09. The number of urea groups is 1. The fourth-order valence-electron chi connectivity index (χ4n) is 2.52. The Balaban J connectivity index is 1.54. The fourth-order valence-corrected chi connectivity index (χ4v) is 2.52. The summed E-state index contributed by atoms with van der Waals surface area (Å²) in [7, 11) is 0. The molecule has 0 aliphatic carbocycles. The number of aryl methyl sites for hydroxylation is 1. The number of carbonyl (C=O) groups excluding carboxylic acids is 1. The van der Waals surface area contributed by atoms with Gasteiger partial charge in [0.15, 0.2) is 0 Å². The van der Waals surface area contributed by atoms with Gasteiger partial charge >= 0.3 is 6.03 Å². The van der Waals surface area contributed by atoms with Crippen molar-refractivity contribution in [2.75, 3.05) is 13.2 Å². The van der Waals surface area contributed by atoms with E-state index in [1.54, 1.807) is 12.3 Å². The molecule has 2 N–H and O–H groups in total. The highest BCUT2D eigenvalue weighted by molar-refractivity contribution is 5.73. The molecule has 6 nitrogen and oxygen atoms in total. The van der Waals surface area contributed by atoms with Crippen LogP contribution < -0.4 is 15.4 Å². The third-order valence-electron chi connectivity index (χ3n) is 3.85. The minimum atomic E-state index is -0.248. The topological polar surface area (TPSA) is 72.7 Å². The average molecular weight is 330 g/mol. The summed E-state index contributed by atoms with van der Waals surface area (Å²) >= 11 is 0. The zero-order valence-corrected chi connectivity index (χ0v) is 13.7. The van der Waals surface area contributed by atoms with Gasteiger partial charge in [-0.2, -0.15) is 0 Å². The Morgan fingerprint density at radius 2 is 2.17 bits per heavy atom. The monoisotopic (exact) mass is 330 g/mol. The van der Waals surface area contributed by atoms with Gasteiger partial charge in [-0.25, -0.2) is 4.79 Å². The lowest BCUT2D eigenvalue weighted by Crippen LogP contribution is -2.34. The molecule has 1 aromatic carbocycles. The molecule has 1 fully saturated rings. The Labute approximate surface area is 141 Å². The van der Waals surface area contributed by atoms with Crippen LogP contribution in [0.3, 0.4) is 0 Å². The molecule has 0 unspecified atom stereocenters. The Bertz CT molecular complexity index is 664. The SMILES string of the molecule is Cc1ccc(CNC(=O)NCc2ccco2)c(O[C@H]2CCOC2)c1. The van der Waals surface area contributed by atoms with Crippen LogP contribution in [0, 0.1) is 6.92 Å². The van der Waals surface area contributed by atoms with E-state index in [9.17, 15) is 4.79 Å². The van der Waals surface area contributed by atoms with Gasteiger partial charge in [-0.15, -0.1) is 0 Å². The zero-order chi connectivity index (χ0) is 16.8.